The second-order valence-electron chi connectivity index (χ2n) is 5.06. The third-order valence-electron chi connectivity index (χ3n) is 2.27. The predicted octanol–water partition coefficient (Wildman–Crippen LogP) is 2.60. The molecule has 1 aromatic rings. The molecule has 1 aromatic carbocycles. The average molecular weight is 251 g/mol. The van der Waals surface area contributed by atoms with Gasteiger partial charge >= 0.3 is 0 Å². The highest BCUT2D eigenvalue weighted by Crippen LogP contribution is 2.16. The van der Waals surface area contributed by atoms with Crippen LogP contribution >= 0.6 is 12.2 Å². The zero-order valence-corrected chi connectivity index (χ0v) is 11.8. The Morgan fingerprint density at radius 1 is 1.29 bits per heavy atom. The monoisotopic (exact) mass is 251 g/mol. The summed E-state index contributed by atoms with van der Waals surface area (Å²) in [4.78, 5) is 0. The lowest BCUT2D eigenvalue weighted by molar-refractivity contribution is 0.437. The van der Waals surface area contributed by atoms with Crippen molar-refractivity contribution in [1.29, 1.82) is 0 Å². The summed E-state index contributed by atoms with van der Waals surface area (Å²) in [5, 5.41) is 2.07. The summed E-state index contributed by atoms with van der Waals surface area (Å²) in [6.45, 7) is 8.34. The van der Waals surface area contributed by atoms with Crippen LogP contribution < -0.4 is 16.2 Å². The minimum Gasteiger partial charge on any atom is -0.375 e. The van der Waals surface area contributed by atoms with Gasteiger partial charge in [0.25, 0.3) is 0 Å². The SMILES string of the molecule is CCc1ccc(N(NC(C)(C)C)C(N)=S)cc1. The van der Waals surface area contributed by atoms with Gasteiger partial charge in [0.1, 0.15) is 0 Å². The number of nitrogens with zero attached hydrogens (tertiary/aromatic N) is 1. The molecule has 0 aliphatic carbocycles. The third kappa shape index (κ3) is 4.32. The Hall–Kier alpha value is -1.13. The molecular formula is C13H21N3S. The fraction of sp³-hybridized carbons (Fsp3) is 0.462. The van der Waals surface area contributed by atoms with Crippen molar-refractivity contribution in [3.05, 3.63) is 29.8 Å². The number of nitrogens with one attached hydrogen (secondary N) is 1. The summed E-state index contributed by atoms with van der Waals surface area (Å²) in [6, 6.07) is 8.23. The largest absolute Gasteiger partial charge is 0.375 e. The van der Waals surface area contributed by atoms with E-state index in [1.807, 2.05) is 12.1 Å². The zero-order chi connectivity index (χ0) is 13.1. The maximum absolute atomic E-state index is 5.74. The third-order valence-corrected chi connectivity index (χ3v) is 2.45. The Morgan fingerprint density at radius 2 is 1.82 bits per heavy atom. The van der Waals surface area contributed by atoms with E-state index in [2.05, 4.69) is 45.3 Å². The molecule has 3 nitrogen and oxygen atoms in total. The molecule has 94 valence electrons. The molecule has 0 amide bonds. The van der Waals surface area contributed by atoms with Crippen molar-refractivity contribution in [2.24, 2.45) is 5.73 Å². The van der Waals surface area contributed by atoms with Crippen molar-refractivity contribution in [3.63, 3.8) is 0 Å². The molecule has 0 aliphatic rings. The van der Waals surface area contributed by atoms with Crippen LogP contribution in [-0.4, -0.2) is 10.7 Å². The first-order valence-corrected chi connectivity index (χ1v) is 6.20. The Bertz CT molecular complexity index is 379. The molecule has 0 radical (unpaired) electrons. The molecule has 0 unspecified atom stereocenters. The maximum Gasteiger partial charge on any atom is 0.185 e. The molecule has 0 aliphatic heterocycles. The molecule has 4 heteroatoms. The Balaban J connectivity index is 2.94. The number of hydrogen-bond donors (Lipinski definition) is 2. The molecule has 0 aromatic heterocycles. The van der Waals surface area contributed by atoms with Gasteiger partial charge in [-0.3, -0.25) is 5.01 Å². The van der Waals surface area contributed by atoms with Crippen LogP contribution in [0.1, 0.15) is 33.3 Å². The molecule has 0 atom stereocenters. The number of hydrazine groups is 1. The van der Waals surface area contributed by atoms with E-state index in [1.165, 1.54) is 5.56 Å². The molecule has 3 N–H and O–H groups in total. The van der Waals surface area contributed by atoms with Gasteiger partial charge in [0.15, 0.2) is 5.11 Å². The van der Waals surface area contributed by atoms with Gasteiger partial charge in [0, 0.05) is 5.54 Å². The van der Waals surface area contributed by atoms with Crippen LogP contribution in [0.3, 0.4) is 0 Å². The topological polar surface area (TPSA) is 41.3 Å². The highest BCUT2D eigenvalue weighted by molar-refractivity contribution is 7.80. The van der Waals surface area contributed by atoms with Crippen LogP contribution in [0.15, 0.2) is 24.3 Å². The quantitative estimate of drug-likeness (QED) is 0.640. The molecule has 0 heterocycles. The Kier molecular flexibility index (Phi) is 4.48. The second kappa shape index (κ2) is 5.47. The lowest BCUT2D eigenvalue weighted by atomic mass is 10.1. The molecule has 0 saturated carbocycles. The highest BCUT2D eigenvalue weighted by atomic mass is 32.1. The Morgan fingerprint density at radius 3 is 2.18 bits per heavy atom. The van der Waals surface area contributed by atoms with Crippen LogP contribution in [0.4, 0.5) is 5.69 Å². The summed E-state index contributed by atoms with van der Waals surface area (Å²) < 4.78 is 0. The maximum atomic E-state index is 5.74. The summed E-state index contributed by atoms with van der Waals surface area (Å²) in [7, 11) is 0. The number of nitrogens with two attached hydrogens (primary N) is 1. The number of benzene rings is 1. The van der Waals surface area contributed by atoms with Gasteiger partial charge in [-0.15, -0.1) is 0 Å². The van der Waals surface area contributed by atoms with Crippen molar-refractivity contribution in [2.75, 3.05) is 5.01 Å². The van der Waals surface area contributed by atoms with Crippen molar-refractivity contribution in [3.8, 4) is 0 Å². The van der Waals surface area contributed by atoms with E-state index in [0.717, 1.165) is 12.1 Å². The van der Waals surface area contributed by atoms with Gasteiger partial charge in [-0.25, -0.2) is 5.43 Å². The minimum atomic E-state index is -0.0904. The van der Waals surface area contributed by atoms with Crippen LogP contribution in [0.25, 0.3) is 0 Å². The Labute approximate surface area is 109 Å². The minimum absolute atomic E-state index is 0.0904. The molecule has 0 spiro atoms. The van der Waals surface area contributed by atoms with Crippen LogP contribution in [0.2, 0.25) is 0 Å². The first kappa shape index (κ1) is 13.9. The van der Waals surface area contributed by atoms with Crippen LogP contribution in [-0.2, 0) is 6.42 Å². The van der Waals surface area contributed by atoms with E-state index < -0.39 is 0 Å². The smallest absolute Gasteiger partial charge is 0.185 e. The first-order valence-electron chi connectivity index (χ1n) is 5.80. The second-order valence-corrected chi connectivity index (χ2v) is 5.47. The number of rotatable bonds is 3. The van der Waals surface area contributed by atoms with Crippen molar-refractivity contribution in [2.45, 2.75) is 39.7 Å². The fourth-order valence-corrected chi connectivity index (χ4v) is 1.61. The molecule has 0 fully saturated rings. The van der Waals surface area contributed by atoms with Gasteiger partial charge in [-0.2, -0.15) is 0 Å². The van der Waals surface area contributed by atoms with E-state index in [4.69, 9.17) is 18.0 Å². The summed E-state index contributed by atoms with van der Waals surface area (Å²) in [6.07, 6.45) is 1.03. The number of hydrogen-bond acceptors (Lipinski definition) is 2. The highest BCUT2D eigenvalue weighted by Gasteiger charge is 2.17. The standard InChI is InChI=1S/C13H21N3S/c1-5-10-6-8-11(9-7-10)16(12(14)17)15-13(2,3)4/h6-9,15H,5H2,1-4H3,(H2,14,17). The summed E-state index contributed by atoms with van der Waals surface area (Å²) in [5.41, 5.74) is 11.2. The van der Waals surface area contributed by atoms with Gasteiger partial charge in [-0.1, -0.05) is 19.1 Å². The van der Waals surface area contributed by atoms with Gasteiger partial charge in [0.2, 0.25) is 0 Å². The lowest BCUT2D eigenvalue weighted by Crippen LogP contribution is -2.54. The molecule has 0 bridgehead atoms. The molecule has 17 heavy (non-hydrogen) atoms. The van der Waals surface area contributed by atoms with Crippen LogP contribution in [0, 0.1) is 0 Å². The molecule has 1 rings (SSSR count). The average Bonchev–Trinajstić information content (AvgIpc) is 2.25. The first-order chi connectivity index (χ1) is 7.83. The molecular weight excluding hydrogens is 230 g/mol. The summed E-state index contributed by atoms with van der Waals surface area (Å²) >= 11 is 5.07. The number of anilines is 1. The summed E-state index contributed by atoms with van der Waals surface area (Å²) in [5.74, 6) is 0. The van der Waals surface area contributed by atoms with Crippen molar-refractivity contribution in [1.82, 2.24) is 5.43 Å². The fourth-order valence-electron chi connectivity index (χ4n) is 1.46. The normalized spacial score (nSPS) is 11.3. The zero-order valence-electron chi connectivity index (χ0n) is 10.9. The van der Waals surface area contributed by atoms with E-state index >= 15 is 0 Å². The lowest BCUT2D eigenvalue weighted by Gasteiger charge is -2.32. The van der Waals surface area contributed by atoms with Gasteiger partial charge < -0.3 is 5.73 Å². The van der Waals surface area contributed by atoms with Crippen molar-refractivity contribution >= 4 is 23.0 Å². The molecule has 0 saturated heterocycles. The predicted molar refractivity (Wildman–Crippen MR) is 78.0 cm³/mol. The van der Waals surface area contributed by atoms with Gasteiger partial charge in [0.05, 0.1) is 5.69 Å². The van der Waals surface area contributed by atoms with E-state index in [9.17, 15) is 0 Å². The number of thiocarbonyl (C=S) groups is 1. The van der Waals surface area contributed by atoms with E-state index in [-0.39, 0.29) is 5.54 Å². The van der Waals surface area contributed by atoms with Crippen molar-refractivity contribution < 1.29 is 0 Å². The van der Waals surface area contributed by atoms with E-state index in [1.54, 1.807) is 5.01 Å². The van der Waals surface area contributed by atoms with Crippen LogP contribution in [0.5, 0.6) is 0 Å². The number of aryl methyl sites for hydroxylation is 1. The van der Waals surface area contributed by atoms with Gasteiger partial charge in [-0.05, 0) is 57.1 Å². The van der Waals surface area contributed by atoms with E-state index in [0.29, 0.717) is 5.11 Å².